The second kappa shape index (κ2) is 11.9. The van der Waals surface area contributed by atoms with Crippen molar-refractivity contribution in [2.45, 2.75) is 29.2 Å². The molecule has 0 aliphatic carbocycles. The lowest BCUT2D eigenvalue weighted by atomic mass is 10.1. The third-order valence-corrected chi connectivity index (χ3v) is 7.27. The number of thioether (sulfide) groups is 1. The minimum absolute atomic E-state index is 0.147. The van der Waals surface area contributed by atoms with Crippen molar-refractivity contribution in [3.63, 3.8) is 0 Å². The Hall–Kier alpha value is -2.81. The van der Waals surface area contributed by atoms with Gasteiger partial charge in [-0.05, 0) is 67.1 Å². The number of carbonyl (C=O) groups is 1. The highest BCUT2D eigenvalue weighted by molar-refractivity contribution is 7.98. The van der Waals surface area contributed by atoms with Crippen molar-refractivity contribution >= 4 is 27.7 Å². The average Bonchev–Trinajstić information content (AvgIpc) is 2.83. The maximum atomic E-state index is 12.5. The summed E-state index contributed by atoms with van der Waals surface area (Å²) in [6.45, 7) is 2.06. The number of hydrogen-bond donors (Lipinski definition) is 2. The van der Waals surface area contributed by atoms with E-state index in [0.717, 1.165) is 16.0 Å². The molecule has 1 atom stereocenters. The predicted octanol–water partition coefficient (Wildman–Crippen LogP) is 4.19. The summed E-state index contributed by atoms with van der Waals surface area (Å²) in [6, 6.07) is 23.6. The van der Waals surface area contributed by atoms with Crippen LogP contribution in [0.4, 0.5) is 0 Å². The van der Waals surface area contributed by atoms with Gasteiger partial charge in [-0.15, -0.1) is 11.8 Å². The Labute approximate surface area is 199 Å². The van der Waals surface area contributed by atoms with Gasteiger partial charge in [0.05, 0.1) is 10.9 Å². The Morgan fingerprint density at radius 2 is 1.64 bits per heavy atom. The molecule has 1 amide bonds. The van der Waals surface area contributed by atoms with Crippen molar-refractivity contribution in [2.75, 3.05) is 19.4 Å². The molecule has 0 fully saturated rings. The van der Waals surface area contributed by atoms with Gasteiger partial charge in [0.25, 0.3) is 5.91 Å². The van der Waals surface area contributed by atoms with Crippen LogP contribution < -0.4 is 14.8 Å². The molecular weight excluding hydrogens is 456 g/mol. The van der Waals surface area contributed by atoms with Crippen LogP contribution >= 0.6 is 11.8 Å². The van der Waals surface area contributed by atoms with Crippen LogP contribution in [0.25, 0.3) is 0 Å². The van der Waals surface area contributed by atoms with Crippen LogP contribution in [0, 0.1) is 0 Å². The second-order valence-electron chi connectivity index (χ2n) is 7.46. The van der Waals surface area contributed by atoms with E-state index in [2.05, 4.69) is 10.0 Å². The number of benzene rings is 3. The van der Waals surface area contributed by atoms with E-state index in [1.165, 1.54) is 12.1 Å². The summed E-state index contributed by atoms with van der Waals surface area (Å²) in [5, 5.41) is 2.90. The van der Waals surface area contributed by atoms with Gasteiger partial charge in [0, 0.05) is 11.4 Å². The van der Waals surface area contributed by atoms with Gasteiger partial charge < -0.3 is 10.1 Å². The molecule has 0 unspecified atom stereocenters. The van der Waals surface area contributed by atoms with E-state index in [9.17, 15) is 13.2 Å². The molecule has 0 saturated carbocycles. The number of ether oxygens (including phenoxy) is 1. The van der Waals surface area contributed by atoms with Crippen molar-refractivity contribution in [3.8, 4) is 5.75 Å². The molecule has 2 N–H and O–H groups in total. The number of amides is 1. The van der Waals surface area contributed by atoms with Crippen LogP contribution in [0.5, 0.6) is 5.75 Å². The van der Waals surface area contributed by atoms with E-state index in [0.29, 0.717) is 18.7 Å². The first-order valence-corrected chi connectivity index (χ1v) is 13.3. The van der Waals surface area contributed by atoms with E-state index < -0.39 is 10.0 Å². The number of hydrogen-bond acceptors (Lipinski definition) is 5. The standard InChI is InChI=1S/C25H28N2O4S2/c1-19(21-8-12-23(32-2)13-9-21)27-25(28)18-31-22-10-14-24(15-11-22)33(29,30)26-17-16-20-6-4-3-5-7-20/h3-15,19,26H,16-18H2,1-2H3,(H,27,28)/t19-/m1/s1. The lowest BCUT2D eigenvalue weighted by Gasteiger charge is -2.15. The van der Waals surface area contributed by atoms with Gasteiger partial charge >= 0.3 is 0 Å². The van der Waals surface area contributed by atoms with Crippen LogP contribution in [-0.4, -0.2) is 33.7 Å². The lowest BCUT2D eigenvalue weighted by molar-refractivity contribution is -0.123. The summed E-state index contributed by atoms with van der Waals surface area (Å²) >= 11 is 1.67. The molecule has 0 bridgehead atoms. The largest absolute Gasteiger partial charge is 0.484 e. The van der Waals surface area contributed by atoms with E-state index in [1.807, 2.05) is 67.8 Å². The number of rotatable bonds is 11. The van der Waals surface area contributed by atoms with E-state index in [4.69, 9.17) is 4.74 Å². The van der Waals surface area contributed by atoms with E-state index >= 15 is 0 Å². The summed E-state index contributed by atoms with van der Waals surface area (Å²) in [4.78, 5) is 13.6. The predicted molar refractivity (Wildman–Crippen MR) is 132 cm³/mol. The quantitative estimate of drug-likeness (QED) is 0.399. The van der Waals surface area contributed by atoms with Crippen molar-refractivity contribution in [3.05, 3.63) is 90.0 Å². The normalized spacial score (nSPS) is 12.2. The highest BCUT2D eigenvalue weighted by Crippen LogP contribution is 2.19. The SMILES string of the molecule is CSc1ccc([C@@H](C)NC(=O)COc2ccc(S(=O)(=O)NCCc3ccccc3)cc2)cc1. The van der Waals surface area contributed by atoms with E-state index in [1.54, 1.807) is 23.9 Å². The van der Waals surface area contributed by atoms with Gasteiger partial charge in [0.1, 0.15) is 5.75 Å². The summed E-state index contributed by atoms with van der Waals surface area (Å²) in [6.07, 6.45) is 2.62. The third kappa shape index (κ3) is 7.63. The van der Waals surface area contributed by atoms with Crippen molar-refractivity contribution < 1.29 is 17.9 Å². The minimum Gasteiger partial charge on any atom is -0.484 e. The second-order valence-corrected chi connectivity index (χ2v) is 10.1. The van der Waals surface area contributed by atoms with Gasteiger partial charge in [-0.3, -0.25) is 4.79 Å². The smallest absolute Gasteiger partial charge is 0.258 e. The zero-order valence-corrected chi connectivity index (χ0v) is 20.3. The Morgan fingerprint density at radius 1 is 0.970 bits per heavy atom. The third-order valence-electron chi connectivity index (χ3n) is 5.05. The highest BCUT2D eigenvalue weighted by atomic mass is 32.2. The molecule has 3 rings (SSSR count). The summed E-state index contributed by atoms with van der Waals surface area (Å²) in [7, 11) is -3.62. The van der Waals surface area contributed by atoms with Gasteiger partial charge in [-0.1, -0.05) is 42.5 Å². The monoisotopic (exact) mass is 484 g/mol. The number of nitrogens with one attached hydrogen (secondary N) is 2. The lowest BCUT2D eigenvalue weighted by Crippen LogP contribution is -2.31. The van der Waals surface area contributed by atoms with Crippen LogP contribution in [0.3, 0.4) is 0 Å². The van der Waals surface area contributed by atoms with Crippen molar-refractivity contribution in [1.82, 2.24) is 10.0 Å². The first-order chi connectivity index (χ1) is 15.9. The number of carbonyl (C=O) groups excluding carboxylic acids is 1. The fourth-order valence-corrected chi connectivity index (χ4v) is 4.62. The Bertz CT molecular complexity index is 1130. The molecule has 0 aliphatic rings. The number of sulfonamides is 1. The van der Waals surface area contributed by atoms with Crippen LogP contribution in [0.2, 0.25) is 0 Å². The van der Waals surface area contributed by atoms with Gasteiger partial charge in [0.15, 0.2) is 6.61 Å². The minimum atomic E-state index is -3.62. The van der Waals surface area contributed by atoms with Crippen molar-refractivity contribution in [2.24, 2.45) is 0 Å². The Kier molecular flexibility index (Phi) is 8.94. The van der Waals surface area contributed by atoms with Crippen LogP contribution in [0.1, 0.15) is 24.1 Å². The molecule has 0 radical (unpaired) electrons. The molecule has 3 aromatic rings. The topological polar surface area (TPSA) is 84.5 Å². The fraction of sp³-hybridized carbons (Fsp3) is 0.240. The first-order valence-electron chi connectivity index (χ1n) is 10.6. The molecule has 6 nitrogen and oxygen atoms in total. The summed E-state index contributed by atoms with van der Waals surface area (Å²) in [5.74, 6) is 0.168. The molecule has 0 saturated heterocycles. The fourth-order valence-electron chi connectivity index (χ4n) is 3.18. The molecule has 0 spiro atoms. The Balaban J connectivity index is 1.46. The zero-order valence-electron chi connectivity index (χ0n) is 18.7. The first kappa shape index (κ1) is 24.8. The molecule has 0 aliphatic heterocycles. The van der Waals surface area contributed by atoms with Gasteiger partial charge in [0.2, 0.25) is 10.0 Å². The highest BCUT2D eigenvalue weighted by Gasteiger charge is 2.14. The zero-order chi connectivity index (χ0) is 23.7. The molecular formula is C25H28N2O4S2. The van der Waals surface area contributed by atoms with E-state index in [-0.39, 0.29) is 23.5 Å². The molecule has 33 heavy (non-hydrogen) atoms. The van der Waals surface area contributed by atoms with Gasteiger partial charge in [-0.25, -0.2) is 13.1 Å². The maximum Gasteiger partial charge on any atom is 0.258 e. The summed E-state index contributed by atoms with van der Waals surface area (Å²) < 4.78 is 33.1. The van der Waals surface area contributed by atoms with Crippen LogP contribution in [-0.2, 0) is 21.2 Å². The molecule has 0 heterocycles. The van der Waals surface area contributed by atoms with Crippen LogP contribution in [0.15, 0.2) is 88.7 Å². The molecule has 3 aromatic carbocycles. The average molecular weight is 485 g/mol. The molecule has 0 aromatic heterocycles. The summed E-state index contributed by atoms with van der Waals surface area (Å²) in [5.41, 5.74) is 2.07. The molecule has 8 heteroatoms. The molecule has 174 valence electrons. The maximum absolute atomic E-state index is 12.5. The Morgan fingerprint density at radius 3 is 2.27 bits per heavy atom. The van der Waals surface area contributed by atoms with Gasteiger partial charge in [-0.2, -0.15) is 0 Å². The van der Waals surface area contributed by atoms with Crippen molar-refractivity contribution in [1.29, 1.82) is 0 Å².